The molecule has 128 valence electrons. The zero-order valence-corrected chi connectivity index (χ0v) is 19.0. The quantitative estimate of drug-likeness (QED) is 0.341. The molecule has 4 rings (SSSR count). The Labute approximate surface area is 182 Å². The summed E-state index contributed by atoms with van der Waals surface area (Å²) in [6.45, 7) is 8.62. The maximum atomic E-state index is 2.18. The molecule has 4 aromatic carbocycles. The number of hydrogen-bond acceptors (Lipinski definition) is 0. The van der Waals surface area contributed by atoms with Gasteiger partial charge in [0.2, 0.25) is 0 Å². The number of hydrogen-bond donors (Lipinski definition) is 0. The summed E-state index contributed by atoms with van der Waals surface area (Å²) in [5.74, 6) is 0. The molecule has 0 atom stereocenters. The normalized spacial score (nSPS) is 9.44. The van der Waals surface area contributed by atoms with E-state index < -0.39 is 0 Å². The first-order valence-corrected chi connectivity index (χ1v) is 7.81. The fraction of sp³-hybridized carbons (Fsp3) is 0.182. The van der Waals surface area contributed by atoms with Crippen molar-refractivity contribution >= 4 is 21.5 Å². The maximum absolute atomic E-state index is 2.18. The fourth-order valence-electron chi connectivity index (χ4n) is 3.07. The molecule has 0 heterocycles. The van der Waals surface area contributed by atoms with Crippen molar-refractivity contribution in [2.75, 3.05) is 0 Å². The van der Waals surface area contributed by atoms with Crippen LogP contribution in [0.3, 0.4) is 0 Å². The molecular formula is C22H22Cl2Zr. The molecule has 0 saturated heterocycles. The summed E-state index contributed by atoms with van der Waals surface area (Å²) in [6, 6.07) is 21.7. The molecule has 0 aliphatic heterocycles. The van der Waals surface area contributed by atoms with Crippen LogP contribution >= 0.6 is 0 Å². The van der Waals surface area contributed by atoms with E-state index in [9.17, 15) is 0 Å². The second-order valence-corrected chi connectivity index (χ2v) is 6.10. The summed E-state index contributed by atoms with van der Waals surface area (Å²) >= 11 is 0. The molecule has 0 aliphatic carbocycles. The van der Waals surface area contributed by atoms with Crippen LogP contribution in [0, 0.1) is 27.7 Å². The molecule has 0 saturated carbocycles. The van der Waals surface area contributed by atoms with E-state index in [0.717, 1.165) is 0 Å². The van der Waals surface area contributed by atoms with Gasteiger partial charge in [-0.25, -0.2) is 0 Å². The minimum absolute atomic E-state index is 0. The molecule has 4 aromatic rings. The van der Waals surface area contributed by atoms with E-state index in [1.165, 1.54) is 43.8 Å². The second-order valence-electron chi connectivity index (χ2n) is 6.10. The third kappa shape index (κ3) is 5.07. The van der Waals surface area contributed by atoms with E-state index in [1.54, 1.807) is 0 Å². The molecule has 25 heavy (non-hydrogen) atoms. The molecule has 0 amide bonds. The third-order valence-corrected chi connectivity index (χ3v) is 4.50. The molecule has 3 heteroatoms. The third-order valence-electron chi connectivity index (χ3n) is 4.50. The summed E-state index contributed by atoms with van der Waals surface area (Å²) in [5, 5.41) is 5.57. The Morgan fingerprint density at radius 3 is 1.16 bits per heavy atom. The molecule has 0 aromatic heterocycles. The van der Waals surface area contributed by atoms with Gasteiger partial charge in [-0.05, 0) is 13.8 Å². The molecule has 0 radical (unpaired) electrons. The van der Waals surface area contributed by atoms with E-state index in [1.807, 2.05) is 0 Å². The van der Waals surface area contributed by atoms with Crippen LogP contribution in [0.15, 0.2) is 60.7 Å². The number of fused-ring (bicyclic) bond motifs is 2. The fourth-order valence-corrected chi connectivity index (χ4v) is 3.07. The standard InChI is InChI=1S/2C11H11.2ClH.Zr/c2*1-8-6-7-9(2)11-5-3-4-10(8)11;;;/h2*3-7H,1-2H3;2*1H;/q2*-1;;;+4/p-2. The van der Waals surface area contributed by atoms with E-state index in [2.05, 4.69) is 88.4 Å². The molecule has 0 bridgehead atoms. The van der Waals surface area contributed by atoms with Crippen LogP contribution in [0.1, 0.15) is 22.3 Å². The van der Waals surface area contributed by atoms with Crippen molar-refractivity contribution < 1.29 is 51.0 Å². The van der Waals surface area contributed by atoms with Crippen molar-refractivity contribution in [3.8, 4) is 0 Å². The van der Waals surface area contributed by atoms with Crippen molar-refractivity contribution in [2.45, 2.75) is 27.7 Å². The zero-order chi connectivity index (χ0) is 15.7. The monoisotopic (exact) mass is 446 g/mol. The minimum Gasteiger partial charge on any atom is -1.00 e. The van der Waals surface area contributed by atoms with Gasteiger partial charge in [0, 0.05) is 0 Å². The van der Waals surface area contributed by atoms with Crippen LogP contribution in [0.5, 0.6) is 0 Å². The summed E-state index contributed by atoms with van der Waals surface area (Å²) < 4.78 is 0. The van der Waals surface area contributed by atoms with Gasteiger partial charge >= 0.3 is 26.2 Å². The topological polar surface area (TPSA) is 0 Å². The van der Waals surface area contributed by atoms with Crippen molar-refractivity contribution in [1.29, 1.82) is 0 Å². The van der Waals surface area contributed by atoms with Gasteiger partial charge in [-0.3, -0.25) is 0 Å². The van der Waals surface area contributed by atoms with E-state index in [-0.39, 0.29) is 51.0 Å². The first kappa shape index (κ1) is 24.1. The molecule has 0 N–H and O–H groups in total. The molecule has 0 fully saturated rings. The van der Waals surface area contributed by atoms with Crippen LogP contribution < -0.4 is 24.8 Å². The summed E-state index contributed by atoms with van der Waals surface area (Å²) in [5.41, 5.74) is 5.48. The number of rotatable bonds is 0. The first-order valence-electron chi connectivity index (χ1n) is 7.81. The summed E-state index contributed by atoms with van der Waals surface area (Å²) in [4.78, 5) is 0. The zero-order valence-electron chi connectivity index (χ0n) is 15.0. The average Bonchev–Trinajstić information content (AvgIpc) is 3.17. The molecule has 0 unspecified atom stereocenters. The van der Waals surface area contributed by atoms with Crippen molar-refractivity contribution in [2.24, 2.45) is 0 Å². The van der Waals surface area contributed by atoms with Crippen LogP contribution in [0.2, 0.25) is 0 Å². The molecular weight excluding hydrogens is 426 g/mol. The van der Waals surface area contributed by atoms with Gasteiger partial charge in [-0.2, -0.15) is 24.3 Å². The van der Waals surface area contributed by atoms with Crippen molar-refractivity contribution in [3.05, 3.63) is 82.9 Å². The first-order chi connectivity index (χ1) is 10.6. The second kappa shape index (κ2) is 10.3. The molecule has 0 nitrogen and oxygen atoms in total. The van der Waals surface area contributed by atoms with Gasteiger partial charge in [0.25, 0.3) is 0 Å². The smallest absolute Gasteiger partial charge is 1.00 e. The Morgan fingerprint density at radius 1 is 0.520 bits per heavy atom. The predicted molar refractivity (Wildman–Crippen MR) is 98.0 cm³/mol. The number of halogens is 2. The van der Waals surface area contributed by atoms with Gasteiger partial charge in [0.1, 0.15) is 0 Å². The maximum Gasteiger partial charge on any atom is 4.00 e. The van der Waals surface area contributed by atoms with Gasteiger partial charge in [-0.1, -0.05) is 37.1 Å². The van der Waals surface area contributed by atoms with Crippen molar-refractivity contribution in [1.82, 2.24) is 0 Å². The predicted octanol–water partition coefficient (Wildman–Crippen LogP) is 0.357. The Balaban J connectivity index is 0.000000411. The van der Waals surface area contributed by atoms with E-state index in [4.69, 9.17) is 0 Å². The van der Waals surface area contributed by atoms with Crippen LogP contribution in [-0.2, 0) is 26.2 Å². The molecule has 0 spiro atoms. The SMILES string of the molecule is Cc1ccc(C)c2[cH-]ccc12.Cc1ccc(C)c2[cH-]ccc12.[Cl-].[Cl-].[Zr+4]. The summed E-state index contributed by atoms with van der Waals surface area (Å²) in [6.07, 6.45) is 0. The van der Waals surface area contributed by atoms with Gasteiger partial charge in [0.05, 0.1) is 0 Å². The Hall–Kier alpha value is -0.877. The summed E-state index contributed by atoms with van der Waals surface area (Å²) in [7, 11) is 0. The largest absolute Gasteiger partial charge is 4.00 e. The van der Waals surface area contributed by atoms with E-state index >= 15 is 0 Å². The number of benzene rings is 2. The Morgan fingerprint density at radius 2 is 0.840 bits per heavy atom. The Bertz CT molecular complexity index is 782. The minimum atomic E-state index is 0. The van der Waals surface area contributed by atoms with E-state index in [0.29, 0.717) is 0 Å². The average molecular weight is 449 g/mol. The van der Waals surface area contributed by atoms with Crippen LogP contribution in [-0.4, -0.2) is 0 Å². The number of aryl methyl sites for hydroxylation is 4. The van der Waals surface area contributed by atoms with Crippen LogP contribution in [0.25, 0.3) is 21.5 Å². The van der Waals surface area contributed by atoms with Crippen molar-refractivity contribution in [3.63, 3.8) is 0 Å². The Kier molecular flexibility index (Phi) is 9.95. The molecule has 0 aliphatic rings. The van der Waals surface area contributed by atoms with Gasteiger partial charge < -0.3 is 24.8 Å². The van der Waals surface area contributed by atoms with Crippen LogP contribution in [0.4, 0.5) is 0 Å². The van der Waals surface area contributed by atoms with Gasteiger partial charge in [0.15, 0.2) is 0 Å². The van der Waals surface area contributed by atoms with Gasteiger partial charge in [-0.15, -0.1) is 56.9 Å².